The number of benzene rings is 1. The number of nitrogens with one attached hydrogen (secondary N) is 1. The molecule has 1 aromatic carbocycles. The molecule has 6 nitrogen and oxygen atoms in total. The summed E-state index contributed by atoms with van der Waals surface area (Å²) in [6.07, 6.45) is 3.66. The van der Waals surface area contributed by atoms with Crippen molar-refractivity contribution in [3.63, 3.8) is 0 Å². The molecule has 1 fully saturated rings. The van der Waals surface area contributed by atoms with E-state index >= 15 is 0 Å². The first-order chi connectivity index (χ1) is 11.5. The molecule has 0 aromatic heterocycles. The third-order valence-electron chi connectivity index (χ3n) is 4.97. The van der Waals surface area contributed by atoms with Crippen molar-refractivity contribution < 1.29 is 4.92 Å². The molecule has 0 spiro atoms. The minimum absolute atomic E-state index is 0.0877. The van der Waals surface area contributed by atoms with Crippen molar-refractivity contribution in [2.24, 2.45) is 21.9 Å². The first-order valence-electron chi connectivity index (χ1n) is 8.32. The highest BCUT2D eigenvalue weighted by Gasteiger charge is 2.27. The van der Waals surface area contributed by atoms with Gasteiger partial charge in [-0.2, -0.15) is 5.10 Å². The number of aliphatic imine (C=N–C) groups is 1. The third kappa shape index (κ3) is 3.77. The van der Waals surface area contributed by atoms with Crippen LogP contribution in [0.5, 0.6) is 0 Å². The van der Waals surface area contributed by atoms with Gasteiger partial charge < -0.3 is 0 Å². The number of hydrazone groups is 1. The molecule has 128 valence electrons. The highest BCUT2D eigenvalue weighted by molar-refractivity contribution is 8.14. The maximum Gasteiger partial charge on any atom is 0.270 e. The second-order valence-corrected chi connectivity index (χ2v) is 7.50. The van der Waals surface area contributed by atoms with E-state index in [9.17, 15) is 10.1 Å². The lowest BCUT2D eigenvalue weighted by atomic mass is 9.78. The fraction of sp³-hybridized carbons (Fsp3) is 0.529. The summed E-state index contributed by atoms with van der Waals surface area (Å²) in [7, 11) is 0. The number of rotatable bonds is 3. The van der Waals surface area contributed by atoms with Crippen LogP contribution >= 0.6 is 11.8 Å². The van der Waals surface area contributed by atoms with Crippen LogP contribution in [0.1, 0.15) is 38.7 Å². The average Bonchev–Trinajstić information content (AvgIpc) is 2.60. The summed E-state index contributed by atoms with van der Waals surface area (Å²) in [5.41, 5.74) is 4.71. The number of thioether (sulfide) groups is 1. The van der Waals surface area contributed by atoms with E-state index in [2.05, 4.69) is 24.4 Å². The molecule has 0 radical (unpaired) electrons. The minimum Gasteiger partial charge on any atom is -0.258 e. The molecule has 3 rings (SSSR count). The van der Waals surface area contributed by atoms with Gasteiger partial charge >= 0.3 is 0 Å². The number of nitro benzene ring substituents is 1. The van der Waals surface area contributed by atoms with Crippen molar-refractivity contribution in [1.82, 2.24) is 5.43 Å². The van der Waals surface area contributed by atoms with Gasteiger partial charge in [-0.1, -0.05) is 50.6 Å². The Hall–Kier alpha value is -1.89. The topological polar surface area (TPSA) is 79.9 Å². The van der Waals surface area contributed by atoms with Gasteiger partial charge in [0.15, 0.2) is 5.17 Å². The van der Waals surface area contributed by atoms with Crippen LogP contribution in [0.15, 0.2) is 34.4 Å². The lowest BCUT2D eigenvalue weighted by Gasteiger charge is -2.32. The summed E-state index contributed by atoms with van der Waals surface area (Å²) >= 11 is 1.62. The Balaban J connectivity index is 1.71. The van der Waals surface area contributed by atoms with Crippen LogP contribution < -0.4 is 5.43 Å². The smallest absolute Gasteiger partial charge is 0.258 e. The predicted molar refractivity (Wildman–Crippen MR) is 98.6 cm³/mol. The van der Waals surface area contributed by atoms with Gasteiger partial charge in [-0.15, -0.1) is 0 Å². The normalized spacial score (nSPS) is 29.0. The summed E-state index contributed by atoms with van der Waals surface area (Å²) in [4.78, 5) is 15.4. The van der Waals surface area contributed by atoms with E-state index in [1.54, 1.807) is 23.9 Å². The van der Waals surface area contributed by atoms with Crippen LogP contribution in [-0.4, -0.2) is 27.6 Å². The Morgan fingerprint density at radius 3 is 2.92 bits per heavy atom. The molecule has 1 N–H and O–H groups in total. The molecule has 7 heteroatoms. The zero-order valence-corrected chi connectivity index (χ0v) is 14.8. The van der Waals surface area contributed by atoms with Crippen LogP contribution in [0.2, 0.25) is 0 Å². The fourth-order valence-corrected chi connectivity index (χ4v) is 4.04. The van der Waals surface area contributed by atoms with Crippen molar-refractivity contribution in [3.05, 3.63) is 39.9 Å². The summed E-state index contributed by atoms with van der Waals surface area (Å²) in [6, 6.07) is 6.95. The molecule has 0 bridgehead atoms. The zero-order chi connectivity index (χ0) is 17.1. The van der Waals surface area contributed by atoms with Crippen LogP contribution in [0.25, 0.3) is 0 Å². The van der Waals surface area contributed by atoms with Crippen LogP contribution in [0.3, 0.4) is 0 Å². The molecule has 1 aliphatic heterocycles. The van der Waals surface area contributed by atoms with E-state index < -0.39 is 0 Å². The Bertz CT molecular complexity index is 689. The Labute approximate surface area is 146 Å². The average molecular weight is 346 g/mol. The first kappa shape index (κ1) is 17.0. The van der Waals surface area contributed by atoms with E-state index in [1.807, 2.05) is 6.07 Å². The quantitative estimate of drug-likeness (QED) is 0.666. The Kier molecular flexibility index (Phi) is 5.18. The van der Waals surface area contributed by atoms with Crippen molar-refractivity contribution >= 4 is 28.3 Å². The van der Waals surface area contributed by atoms with Gasteiger partial charge in [-0.05, 0) is 18.3 Å². The first-order valence-corrected chi connectivity index (χ1v) is 9.31. The van der Waals surface area contributed by atoms with E-state index in [0.717, 1.165) is 22.9 Å². The van der Waals surface area contributed by atoms with E-state index in [0.29, 0.717) is 23.6 Å². The Morgan fingerprint density at radius 2 is 2.21 bits per heavy atom. The fourth-order valence-electron chi connectivity index (χ4n) is 3.22. The lowest BCUT2D eigenvalue weighted by Crippen LogP contribution is -2.32. The van der Waals surface area contributed by atoms with Crippen molar-refractivity contribution in [1.29, 1.82) is 0 Å². The maximum absolute atomic E-state index is 10.9. The van der Waals surface area contributed by atoms with Crippen molar-refractivity contribution in [3.8, 4) is 0 Å². The largest absolute Gasteiger partial charge is 0.270 e. The number of nitro groups is 1. The molecule has 0 saturated heterocycles. The van der Waals surface area contributed by atoms with Gasteiger partial charge in [0, 0.05) is 23.4 Å². The van der Waals surface area contributed by atoms with Crippen molar-refractivity contribution in [2.45, 2.75) is 39.2 Å². The maximum atomic E-state index is 10.9. The molecule has 3 atom stereocenters. The molecule has 0 unspecified atom stereocenters. The number of hydrogen-bond acceptors (Lipinski definition) is 5. The molecule has 1 saturated carbocycles. The molecular formula is C17H22N4O2S. The SMILES string of the molecule is C[C@H]1[C@H](C)CCC[C@@H]1N=C1NN=C(c2cccc([N+](=O)[O-])c2)CS1. The van der Waals surface area contributed by atoms with Gasteiger partial charge in [-0.25, -0.2) is 0 Å². The monoisotopic (exact) mass is 346 g/mol. The van der Waals surface area contributed by atoms with Crippen LogP contribution in [0, 0.1) is 22.0 Å². The number of non-ortho nitro benzene ring substituents is 1. The van der Waals surface area contributed by atoms with Crippen LogP contribution in [-0.2, 0) is 0 Å². The highest BCUT2D eigenvalue weighted by atomic mass is 32.2. The highest BCUT2D eigenvalue weighted by Crippen LogP contribution is 2.32. The molecule has 24 heavy (non-hydrogen) atoms. The lowest BCUT2D eigenvalue weighted by molar-refractivity contribution is -0.384. The predicted octanol–water partition coefficient (Wildman–Crippen LogP) is 3.82. The molecule has 0 amide bonds. The molecule has 1 heterocycles. The van der Waals surface area contributed by atoms with E-state index in [-0.39, 0.29) is 10.6 Å². The summed E-state index contributed by atoms with van der Waals surface area (Å²) in [6.45, 7) is 4.58. The Morgan fingerprint density at radius 1 is 1.38 bits per heavy atom. The standard InChI is InChI=1S/C17H22N4O2S/c1-11-5-3-8-15(12(11)2)18-17-20-19-16(10-24-17)13-6-4-7-14(9-13)21(22)23/h4,6-7,9,11-12,15H,3,5,8,10H2,1-2H3,(H,18,20)/t11-,12+,15+/m1/s1. The second-order valence-electron chi connectivity index (χ2n) is 6.54. The molecule has 1 aromatic rings. The van der Waals surface area contributed by atoms with Crippen molar-refractivity contribution in [2.75, 3.05) is 5.75 Å². The summed E-state index contributed by atoms with van der Waals surface area (Å²) < 4.78 is 0. The summed E-state index contributed by atoms with van der Waals surface area (Å²) in [5, 5.41) is 16.1. The van der Waals surface area contributed by atoms with Gasteiger partial charge in [0.05, 0.1) is 16.7 Å². The molecule has 1 aliphatic carbocycles. The van der Waals surface area contributed by atoms with Gasteiger partial charge in [0.2, 0.25) is 0 Å². The van der Waals surface area contributed by atoms with Crippen LogP contribution in [0.4, 0.5) is 5.69 Å². The second kappa shape index (κ2) is 7.34. The zero-order valence-electron chi connectivity index (χ0n) is 13.9. The number of amidine groups is 1. The van der Waals surface area contributed by atoms with Gasteiger partial charge in [0.25, 0.3) is 5.69 Å². The minimum atomic E-state index is -0.383. The third-order valence-corrected chi connectivity index (χ3v) is 5.86. The molecule has 2 aliphatic rings. The van der Waals surface area contributed by atoms with Gasteiger partial charge in [-0.3, -0.25) is 20.5 Å². The number of hydrogen-bond donors (Lipinski definition) is 1. The van der Waals surface area contributed by atoms with Gasteiger partial charge in [0.1, 0.15) is 0 Å². The summed E-state index contributed by atoms with van der Waals surface area (Å²) in [5.74, 6) is 1.98. The van der Waals surface area contributed by atoms with E-state index in [1.165, 1.54) is 18.9 Å². The van der Waals surface area contributed by atoms with E-state index in [4.69, 9.17) is 4.99 Å². The molecular weight excluding hydrogens is 324 g/mol. The number of nitrogens with zero attached hydrogens (tertiary/aromatic N) is 3.